The lowest BCUT2D eigenvalue weighted by molar-refractivity contribution is -0.0670. The van der Waals surface area contributed by atoms with Gasteiger partial charge in [-0.2, -0.15) is 0 Å². The van der Waals surface area contributed by atoms with Gasteiger partial charge in [-0.1, -0.05) is 11.6 Å². The molecule has 0 saturated carbocycles. The molecule has 2 fully saturated rings. The first-order chi connectivity index (χ1) is 11.2. The molecule has 0 aliphatic carbocycles. The zero-order valence-corrected chi connectivity index (χ0v) is 14.3. The van der Waals surface area contributed by atoms with Crippen LogP contribution in [0.4, 0.5) is 0 Å². The monoisotopic (exact) mass is 338 g/mol. The number of nitrogens with zero attached hydrogens (tertiary/aromatic N) is 2. The van der Waals surface area contributed by atoms with Crippen molar-refractivity contribution >= 4 is 11.6 Å². The van der Waals surface area contributed by atoms with Gasteiger partial charge in [-0.3, -0.25) is 0 Å². The maximum absolute atomic E-state index is 6.27. The molecule has 1 aromatic heterocycles. The van der Waals surface area contributed by atoms with Crippen LogP contribution in [0.2, 0.25) is 5.15 Å². The van der Waals surface area contributed by atoms with E-state index in [9.17, 15) is 0 Å². The van der Waals surface area contributed by atoms with Crippen molar-refractivity contribution in [1.82, 2.24) is 9.88 Å². The standard InChI is InChI=1S/C17H23ClN2O3/c1-20-6-2-3-12(20)10-22-14-9-15(18)19-16-13(14)4-7-23-17(16)5-8-21-11-17/h9,12H,2-8,10-11H2,1H3/t12-,17?/m0/s1. The van der Waals surface area contributed by atoms with E-state index in [1.807, 2.05) is 6.07 Å². The van der Waals surface area contributed by atoms with Crippen molar-refractivity contribution < 1.29 is 14.2 Å². The number of aromatic nitrogens is 1. The van der Waals surface area contributed by atoms with E-state index in [1.165, 1.54) is 12.8 Å². The summed E-state index contributed by atoms with van der Waals surface area (Å²) in [6, 6.07) is 2.34. The molecule has 3 aliphatic heterocycles. The summed E-state index contributed by atoms with van der Waals surface area (Å²) in [5.74, 6) is 0.870. The summed E-state index contributed by atoms with van der Waals surface area (Å²) in [5, 5.41) is 0.468. The second-order valence-corrected chi connectivity index (χ2v) is 7.14. The summed E-state index contributed by atoms with van der Waals surface area (Å²) in [4.78, 5) is 6.94. The normalized spacial score (nSPS) is 30.8. The molecule has 2 saturated heterocycles. The topological polar surface area (TPSA) is 43.8 Å². The largest absolute Gasteiger partial charge is 0.491 e. The lowest BCUT2D eigenvalue weighted by Gasteiger charge is -2.34. The number of ether oxygens (including phenoxy) is 3. The van der Waals surface area contributed by atoms with E-state index >= 15 is 0 Å². The number of halogens is 1. The van der Waals surface area contributed by atoms with Gasteiger partial charge in [-0.05, 0) is 26.4 Å². The predicted molar refractivity (Wildman–Crippen MR) is 87.2 cm³/mol. The third-order valence-electron chi connectivity index (χ3n) is 5.30. The Morgan fingerprint density at radius 2 is 2.39 bits per heavy atom. The summed E-state index contributed by atoms with van der Waals surface area (Å²) in [5.41, 5.74) is 1.64. The number of pyridine rings is 1. The van der Waals surface area contributed by atoms with Gasteiger partial charge >= 0.3 is 0 Å². The van der Waals surface area contributed by atoms with E-state index in [4.69, 9.17) is 25.8 Å². The van der Waals surface area contributed by atoms with E-state index in [-0.39, 0.29) is 0 Å². The summed E-state index contributed by atoms with van der Waals surface area (Å²) in [6.45, 7) is 3.79. The highest BCUT2D eigenvalue weighted by Crippen LogP contribution is 2.42. The number of rotatable bonds is 3. The molecule has 6 heteroatoms. The number of hydrogen-bond donors (Lipinski definition) is 0. The maximum atomic E-state index is 6.27. The van der Waals surface area contributed by atoms with Crippen molar-refractivity contribution in [1.29, 1.82) is 0 Å². The fourth-order valence-corrected chi connectivity index (χ4v) is 4.09. The Hall–Kier alpha value is -0.880. The van der Waals surface area contributed by atoms with Crippen LogP contribution >= 0.6 is 11.6 Å². The first kappa shape index (κ1) is 15.6. The molecule has 2 atom stereocenters. The van der Waals surface area contributed by atoms with Crippen molar-refractivity contribution in [3.05, 3.63) is 22.5 Å². The van der Waals surface area contributed by atoms with Gasteiger partial charge in [-0.15, -0.1) is 0 Å². The summed E-state index contributed by atoms with van der Waals surface area (Å²) < 4.78 is 17.8. The summed E-state index contributed by atoms with van der Waals surface area (Å²) >= 11 is 6.27. The molecule has 4 heterocycles. The molecular weight excluding hydrogens is 316 g/mol. The smallest absolute Gasteiger partial charge is 0.136 e. The first-order valence-electron chi connectivity index (χ1n) is 8.43. The molecule has 3 aliphatic rings. The van der Waals surface area contributed by atoms with Crippen molar-refractivity contribution in [2.45, 2.75) is 37.3 Å². The zero-order valence-electron chi connectivity index (χ0n) is 13.5. The van der Waals surface area contributed by atoms with Crippen LogP contribution in [-0.2, 0) is 21.5 Å². The van der Waals surface area contributed by atoms with Crippen LogP contribution in [0.3, 0.4) is 0 Å². The number of hydrogen-bond acceptors (Lipinski definition) is 5. The van der Waals surface area contributed by atoms with Gasteiger partial charge in [0.2, 0.25) is 0 Å². The van der Waals surface area contributed by atoms with Crippen LogP contribution in [0.15, 0.2) is 6.07 Å². The Bertz CT molecular complexity index is 589. The van der Waals surface area contributed by atoms with Gasteiger partial charge in [0.1, 0.15) is 23.1 Å². The predicted octanol–water partition coefficient (Wildman–Crippen LogP) is 2.40. The fourth-order valence-electron chi connectivity index (χ4n) is 3.91. The number of likely N-dealkylation sites (tertiary alicyclic amines) is 1. The molecular formula is C17H23ClN2O3. The second kappa shape index (κ2) is 6.20. The van der Waals surface area contributed by atoms with E-state index in [0.29, 0.717) is 37.6 Å². The first-order valence-corrected chi connectivity index (χ1v) is 8.80. The van der Waals surface area contributed by atoms with Crippen LogP contribution < -0.4 is 4.74 Å². The van der Waals surface area contributed by atoms with Crippen LogP contribution in [-0.4, -0.2) is 55.9 Å². The maximum Gasteiger partial charge on any atom is 0.136 e. The van der Waals surface area contributed by atoms with E-state index < -0.39 is 5.60 Å². The fraction of sp³-hybridized carbons (Fsp3) is 0.706. The molecule has 23 heavy (non-hydrogen) atoms. The third kappa shape index (κ3) is 2.84. The van der Waals surface area contributed by atoms with Crippen molar-refractivity contribution in [3.8, 4) is 5.75 Å². The molecule has 1 unspecified atom stereocenters. The Kier molecular flexibility index (Phi) is 4.22. The van der Waals surface area contributed by atoms with Gasteiger partial charge in [0.05, 0.1) is 18.9 Å². The van der Waals surface area contributed by atoms with Crippen LogP contribution in [0.1, 0.15) is 30.5 Å². The molecule has 4 rings (SSSR count). The van der Waals surface area contributed by atoms with E-state index in [1.54, 1.807) is 0 Å². The highest BCUT2D eigenvalue weighted by molar-refractivity contribution is 6.29. The van der Waals surface area contributed by atoms with Gasteiger partial charge in [-0.25, -0.2) is 4.98 Å². The molecule has 0 aromatic carbocycles. The molecule has 0 bridgehead atoms. The van der Waals surface area contributed by atoms with Gasteiger partial charge in [0.25, 0.3) is 0 Å². The number of likely N-dealkylation sites (N-methyl/N-ethyl adjacent to an activating group) is 1. The molecule has 1 aromatic rings. The highest BCUT2D eigenvalue weighted by Gasteiger charge is 2.44. The van der Waals surface area contributed by atoms with Crippen LogP contribution in [0, 0.1) is 0 Å². The molecule has 5 nitrogen and oxygen atoms in total. The summed E-state index contributed by atoms with van der Waals surface area (Å²) in [7, 11) is 2.16. The molecule has 0 amide bonds. The SMILES string of the molecule is CN1CCC[C@H]1COc1cc(Cl)nc2c1CCOC21CCOC1. The van der Waals surface area contributed by atoms with Gasteiger partial charge in [0.15, 0.2) is 0 Å². The van der Waals surface area contributed by atoms with Crippen LogP contribution in [0.25, 0.3) is 0 Å². The van der Waals surface area contributed by atoms with Crippen molar-refractivity contribution in [2.75, 3.05) is 40.0 Å². The Labute approximate surface area is 141 Å². The highest BCUT2D eigenvalue weighted by atomic mass is 35.5. The number of fused-ring (bicyclic) bond motifs is 2. The van der Waals surface area contributed by atoms with Crippen molar-refractivity contribution in [2.24, 2.45) is 0 Å². The average Bonchev–Trinajstić information content (AvgIpc) is 3.16. The van der Waals surface area contributed by atoms with Crippen molar-refractivity contribution in [3.63, 3.8) is 0 Å². The quantitative estimate of drug-likeness (QED) is 0.792. The molecule has 1 spiro atoms. The van der Waals surface area contributed by atoms with Crippen LogP contribution in [0.5, 0.6) is 5.75 Å². The Morgan fingerprint density at radius 1 is 1.48 bits per heavy atom. The molecule has 126 valence electrons. The zero-order chi connectivity index (χ0) is 15.9. The Morgan fingerprint density at radius 3 is 3.13 bits per heavy atom. The second-order valence-electron chi connectivity index (χ2n) is 6.75. The molecule has 0 radical (unpaired) electrons. The minimum Gasteiger partial charge on any atom is -0.491 e. The van der Waals surface area contributed by atoms with Gasteiger partial charge in [0, 0.05) is 37.1 Å². The lowest BCUT2D eigenvalue weighted by Crippen LogP contribution is -2.37. The molecule has 0 N–H and O–H groups in total. The third-order valence-corrected chi connectivity index (χ3v) is 5.50. The van der Waals surface area contributed by atoms with Gasteiger partial charge < -0.3 is 19.1 Å². The average molecular weight is 339 g/mol. The minimum absolute atomic E-state index is 0.430. The summed E-state index contributed by atoms with van der Waals surface area (Å²) in [6.07, 6.45) is 4.08. The Balaban J connectivity index is 1.61. The van der Waals surface area contributed by atoms with E-state index in [0.717, 1.165) is 36.4 Å². The minimum atomic E-state index is -0.430. The lowest BCUT2D eigenvalue weighted by atomic mass is 9.90. The van der Waals surface area contributed by atoms with E-state index in [2.05, 4.69) is 16.9 Å².